The molecule has 0 spiro atoms. The van der Waals surface area contributed by atoms with Crippen LogP contribution in [0.4, 0.5) is 0 Å². The van der Waals surface area contributed by atoms with Crippen LogP contribution in [0, 0.1) is 11.8 Å². The molecule has 0 aromatic rings. The van der Waals surface area contributed by atoms with E-state index in [0.29, 0.717) is 6.04 Å². The lowest BCUT2D eigenvalue weighted by atomic mass is 9.95. The molecule has 2 aliphatic carbocycles. The minimum absolute atomic E-state index is 0.702. The number of rotatable bonds is 1. The van der Waals surface area contributed by atoms with Crippen molar-refractivity contribution >= 4 is 17.3 Å². The number of piperidine rings is 1. The van der Waals surface area contributed by atoms with E-state index >= 15 is 0 Å². The fraction of sp³-hybridized carbons (Fsp3) is 0.923. The maximum Gasteiger partial charge on any atom is 0.169 e. The quantitative estimate of drug-likeness (QED) is 0.707. The Bertz CT molecular complexity index is 273. The standard InChI is InChI=1S/C13H22N2S/c16-13(15-6-2-1-3-7-15)14-12-9-10-4-5-11(12)8-10/h10-12H,1-9H2,(H,14,16)/t10-,11+,12+/m0/s1. The monoisotopic (exact) mass is 238 g/mol. The molecule has 0 aromatic carbocycles. The Labute approximate surface area is 104 Å². The molecule has 90 valence electrons. The van der Waals surface area contributed by atoms with Gasteiger partial charge < -0.3 is 10.2 Å². The zero-order chi connectivity index (χ0) is 11.0. The maximum absolute atomic E-state index is 5.54. The van der Waals surface area contributed by atoms with Gasteiger partial charge in [-0.3, -0.25) is 0 Å². The van der Waals surface area contributed by atoms with E-state index in [1.54, 1.807) is 0 Å². The van der Waals surface area contributed by atoms with Gasteiger partial charge in [-0.05, 0) is 62.6 Å². The third-order valence-electron chi connectivity index (χ3n) is 4.69. The summed E-state index contributed by atoms with van der Waals surface area (Å²) in [4.78, 5) is 2.38. The average Bonchev–Trinajstić information content (AvgIpc) is 2.92. The lowest BCUT2D eigenvalue weighted by molar-refractivity contribution is 0.319. The first kappa shape index (κ1) is 10.8. The Kier molecular flexibility index (Phi) is 3.05. The smallest absolute Gasteiger partial charge is 0.169 e. The number of hydrogen-bond acceptors (Lipinski definition) is 1. The molecule has 2 bridgehead atoms. The average molecular weight is 238 g/mol. The zero-order valence-electron chi connectivity index (χ0n) is 9.95. The molecule has 3 heteroatoms. The van der Waals surface area contributed by atoms with Crippen molar-refractivity contribution in [3.05, 3.63) is 0 Å². The van der Waals surface area contributed by atoms with Gasteiger partial charge in [0.25, 0.3) is 0 Å². The second-order valence-corrected chi connectivity index (χ2v) is 6.17. The number of fused-ring (bicyclic) bond motifs is 2. The van der Waals surface area contributed by atoms with Gasteiger partial charge in [-0.2, -0.15) is 0 Å². The summed E-state index contributed by atoms with van der Waals surface area (Å²) in [6.45, 7) is 2.35. The van der Waals surface area contributed by atoms with Gasteiger partial charge in [-0.1, -0.05) is 6.42 Å². The lowest BCUT2D eigenvalue weighted by Gasteiger charge is -2.33. The molecule has 1 aliphatic heterocycles. The molecule has 1 saturated heterocycles. The highest BCUT2D eigenvalue weighted by atomic mass is 32.1. The normalized spacial score (nSPS) is 37.8. The van der Waals surface area contributed by atoms with Gasteiger partial charge in [0, 0.05) is 19.1 Å². The van der Waals surface area contributed by atoms with Crippen LogP contribution >= 0.6 is 12.2 Å². The lowest BCUT2D eigenvalue weighted by Crippen LogP contribution is -2.48. The summed E-state index contributed by atoms with van der Waals surface area (Å²) in [6.07, 6.45) is 9.76. The number of hydrogen-bond donors (Lipinski definition) is 1. The first-order chi connectivity index (χ1) is 7.83. The second kappa shape index (κ2) is 4.52. The van der Waals surface area contributed by atoms with Crippen molar-refractivity contribution in [3.8, 4) is 0 Å². The number of nitrogens with zero attached hydrogens (tertiary/aromatic N) is 1. The van der Waals surface area contributed by atoms with Crippen LogP contribution in [-0.2, 0) is 0 Å². The second-order valence-electron chi connectivity index (χ2n) is 5.78. The van der Waals surface area contributed by atoms with Crippen molar-refractivity contribution < 1.29 is 0 Å². The van der Waals surface area contributed by atoms with Crippen LogP contribution in [0.25, 0.3) is 0 Å². The highest BCUT2D eigenvalue weighted by Crippen LogP contribution is 2.44. The molecule has 2 saturated carbocycles. The highest BCUT2D eigenvalue weighted by Gasteiger charge is 2.40. The van der Waals surface area contributed by atoms with Crippen LogP contribution in [-0.4, -0.2) is 29.1 Å². The van der Waals surface area contributed by atoms with Gasteiger partial charge in [-0.15, -0.1) is 0 Å². The fourth-order valence-electron chi connectivity index (χ4n) is 3.77. The third-order valence-corrected chi connectivity index (χ3v) is 5.07. The number of nitrogens with one attached hydrogen (secondary N) is 1. The molecule has 1 N–H and O–H groups in total. The molecule has 0 amide bonds. The first-order valence-corrected chi connectivity index (χ1v) is 7.29. The molecule has 0 aromatic heterocycles. The van der Waals surface area contributed by atoms with Gasteiger partial charge in [0.1, 0.15) is 0 Å². The number of thiocarbonyl (C=S) groups is 1. The van der Waals surface area contributed by atoms with Gasteiger partial charge in [0.15, 0.2) is 5.11 Å². The molecule has 3 rings (SSSR count). The topological polar surface area (TPSA) is 15.3 Å². The Morgan fingerprint density at radius 1 is 1.06 bits per heavy atom. The van der Waals surface area contributed by atoms with Crippen LogP contribution in [0.5, 0.6) is 0 Å². The molecular weight excluding hydrogens is 216 g/mol. The van der Waals surface area contributed by atoms with Crippen molar-refractivity contribution in [3.63, 3.8) is 0 Å². The molecule has 3 aliphatic rings. The summed E-state index contributed by atoms with van der Waals surface area (Å²) in [5.74, 6) is 1.93. The Balaban J connectivity index is 1.52. The van der Waals surface area contributed by atoms with Crippen molar-refractivity contribution in [2.75, 3.05) is 13.1 Å². The van der Waals surface area contributed by atoms with E-state index in [9.17, 15) is 0 Å². The van der Waals surface area contributed by atoms with Crippen LogP contribution in [0.3, 0.4) is 0 Å². The largest absolute Gasteiger partial charge is 0.360 e. The van der Waals surface area contributed by atoms with E-state index in [0.717, 1.165) is 16.9 Å². The fourth-order valence-corrected chi connectivity index (χ4v) is 4.10. The molecule has 2 nitrogen and oxygen atoms in total. The molecular formula is C13H22N2S. The van der Waals surface area contributed by atoms with E-state index in [-0.39, 0.29) is 0 Å². The number of likely N-dealkylation sites (tertiary alicyclic amines) is 1. The van der Waals surface area contributed by atoms with Gasteiger partial charge in [0.05, 0.1) is 0 Å². The summed E-state index contributed by atoms with van der Waals surface area (Å²) in [6, 6.07) is 0.702. The van der Waals surface area contributed by atoms with Crippen molar-refractivity contribution in [2.45, 2.75) is 51.0 Å². The van der Waals surface area contributed by atoms with Gasteiger partial charge in [0.2, 0.25) is 0 Å². The van der Waals surface area contributed by atoms with Crippen molar-refractivity contribution in [1.82, 2.24) is 10.2 Å². The van der Waals surface area contributed by atoms with E-state index < -0.39 is 0 Å². The molecule has 0 radical (unpaired) electrons. The summed E-state index contributed by atoms with van der Waals surface area (Å²) in [5, 5.41) is 4.68. The Morgan fingerprint density at radius 3 is 2.50 bits per heavy atom. The van der Waals surface area contributed by atoms with Crippen molar-refractivity contribution in [2.24, 2.45) is 11.8 Å². The molecule has 1 heterocycles. The predicted molar refractivity (Wildman–Crippen MR) is 70.4 cm³/mol. The summed E-state index contributed by atoms with van der Waals surface area (Å²) >= 11 is 5.54. The molecule has 16 heavy (non-hydrogen) atoms. The Morgan fingerprint density at radius 2 is 1.88 bits per heavy atom. The Hall–Kier alpha value is -0.310. The van der Waals surface area contributed by atoms with E-state index in [4.69, 9.17) is 12.2 Å². The van der Waals surface area contributed by atoms with Crippen LogP contribution < -0.4 is 5.32 Å². The van der Waals surface area contributed by atoms with Gasteiger partial charge >= 0.3 is 0 Å². The van der Waals surface area contributed by atoms with E-state index in [2.05, 4.69) is 10.2 Å². The SMILES string of the molecule is S=C(N[C@@H]1C[C@H]2CC[C@@H]1C2)N1CCCCC1. The van der Waals surface area contributed by atoms with E-state index in [1.807, 2.05) is 0 Å². The molecule has 3 atom stereocenters. The van der Waals surface area contributed by atoms with Crippen LogP contribution in [0.15, 0.2) is 0 Å². The van der Waals surface area contributed by atoms with Crippen molar-refractivity contribution in [1.29, 1.82) is 0 Å². The molecule has 0 unspecified atom stereocenters. The van der Waals surface area contributed by atoms with E-state index in [1.165, 1.54) is 58.0 Å². The zero-order valence-corrected chi connectivity index (χ0v) is 10.8. The third kappa shape index (κ3) is 2.06. The first-order valence-electron chi connectivity index (χ1n) is 6.88. The summed E-state index contributed by atoms with van der Waals surface area (Å²) < 4.78 is 0. The summed E-state index contributed by atoms with van der Waals surface area (Å²) in [5.41, 5.74) is 0. The molecule has 3 fully saturated rings. The highest BCUT2D eigenvalue weighted by molar-refractivity contribution is 7.80. The minimum Gasteiger partial charge on any atom is -0.360 e. The van der Waals surface area contributed by atoms with Crippen LogP contribution in [0.2, 0.25) is 0 Å². The minimum atomic E-state index is 0.702. The maximum atomic E-state index is 5.54. The van der Waals surface area contributed by atoms with Gasteiger partial charge in [-0.25, -0.2) is 0 Å². The van der Waals surface area contributed by atoms with Crippen LogP contribution in [0.1, 0.15) is 44.9 Å². The summed E-state index contributed by atoms with van der Waals surface area (Å²) in [7, 11) is 0. The predicted octanol–water partition coefficient (Wildman–Crippen LogP) is 2.54.